The van der Waals surface area contributed by atoms with Gasteiger partial charge in [0.15, 0.2) is 11.6 Å². The van der Waals surface area contributed by atoms with Gasteiger partial charge in [-0.2, -0.15) is 4.39 Å². The van der Waals surface area contributed by atoms with Crippen LogP contribution in [0.5, 0.6) is 5.75 Å². The quantitative estimate of drug-likeness (QED) is 0.181. The molecule has 194 valence electrons. The lowest BCUT2D eigenvalue weighted by molar-refractivity contribution is 0.285. The van der Waals surface area contributed by atoms with Crippen molar-refractivity contribution in [2.75, 3.05) is 6.61 Å². The van der Waals surface area contributed by atoms with Crippen LogP contribution in [0.15, 0.2) is 60.7 Å². The van der Waals surface area contributed by atoms with Gasteiger partial charge in [-0.15, -0.1) is 0 Å². The summed E-state index contributed by atoms with van der Waals surface area (Å²) in [5.41, 5.74) is 4.47. The third-order valence-corrected chi connectivity index (χ3v) is 6.85. The SMILES string of the molecule is CCCCCCCCc1ccc(-c2ccc(-c3ccc(OCCCCCCC)c(F)c3F)cc2)cc1. The van der Waals surface area contributed by atoms with Gasteiger partial charge in [-0.3, -0.25) is 0 Å². The summed E-state index contributed by atoms with van der Waals surface area (Å²) in [5.74, 6) is -1.78. The largest absolute Gasteiger partial charge is 0.490 e. The van der Waals surface area contributed by atoms with E-state index in [9.17, 15) is 8.78 Å². The first kappa shape index (κ1) is 27.9. The molecule has 3 rings (SSSR count). The van der Waals surface area contributed by atoms with Crippen molar-refractivity contribution in [3.8, 4) is 28.0 Å². The van der Waals surface area contributed by atoms with Crippen LogP contribution in [-0.4, -0.2) is 6.61 Å². The van der Waals surface area contributed by atoms with E-state index in [1.165, 1.54) is 63.0 Å². The summed E-state index contributed by atoms with van der Waals surface area (Å²) in [4.78, 5) is 0. The lowest BCUT2D eigenvalue weighted by Crippen LogP contribution is -2.01. The number of rotatable bonds is 16. The smallest absolute Gasteiger partial charge is 0.201 e. The number of benzene rings is 3. The monoisotopic (exact) mass is 492 g/mol. The Kier molecular flexibility index (Phi) is 12.0. The van der Waals surface area contributed by atoms with Crippen molar-refractivity contribution in [3.05, 3.63) is 77.9 Å². The fourth-order valence-corrected chi connectivity index (χ4v) is 4.57. The predicted molar refractivity (Wildman–Crippen MR) is 149 cm³/mol. The molecule has 0 spiro atoms. The zero-order valence-corrected chi connectivity index (χ0v) is 22.1. The molecule has 1 nitrogen and oxygen atoms in total. The highest BCUT2D eigenvalue weighted by Crippen LogP contribution is 2.31. The second-order valence-electron chi connectivity index (χ2n) is 9.79. The lowest BCUT2D eigenvalue weighted by atomic mass is 9.98. The van der Waals surface area contributed by atoms with Gasteiger partial charge in [-0.1, -0.05) is 120 Å². The van der Waals surface area contributed by atoms with Crippen LogP contribution in [0.4, 0.5) is 8.78 Å². The van der Waals surface area contributed by atoms with Crippen LogP contribution in [-0.2, 0) is 6.42 Å². The highest BCUT2D eigenvalue weighted by atomic mass is 19.2. The first-order chi connectivity index (χ1) is 17.6. The third-order valence-electron chi connectivity index (χ3n) is 6.85. The molecule has 0 radical (unpaired) electrons. The third kappa shape index (κ3) is 8.47. The Labute approximate surface area is 216 Å². The van der Waals surface area contributed by atoms with Gasteiger partial charge < -0.3 is 4.74 Å². The highest BCUT2D eigenvalue weighted by molar-refractivity contribution is 5.71. The summed E-state index contributed by atoms with van der Waals surface area (Å²) < 4.78 is 35.0. The van der Waals surface area contributed by atoms with Gasteiger partial charge in [0.1, 0.15) is 0 Å². The average Bonchev–Trinajstić information content (AvgIpc) is 2.91. The van der Waals surface area contributed by atoms with Crippen molar-refractivity contribution in [3.63, 3.8) is 0 Å². The fourth-order valence-electron chi connectivity index (χ4n) is 4.57. The molecule has 0 aliphatic heterocycles. The number of aryl methyl sites for hydroxylation is 1. The van der Waals surface area contributed by atoms with Crippen molar-refractivity contribution >= 4 is 0 Å². The number of hydrogen-bond donors (Lipinski definition) is 0. The zero-order valence-electron chi connectivity index (χ0n) is 22.1. The standard InChI is InChI=1S/C33H42F2O/c1-3-5-7-9-10-12-14-26-15-17-27(18-16-26)28-19-21-29(22-20-28)30-23-24-31(33(35)32(30)34)36-25-13-11-8-6-4-2/h15-24H,3-14,25H2,1-2H3. The second-order valence-corrected chi connectivity index (χ2v) is 9.79. The molecule has 0 bridgehead atoms. The van der Waals surface area contributed by atoms with E-state index >= 15 is 0 Å². The van der Waals surface area contributed by atoms with Crippen LogP contribution < -0.4 is 4.74 Å². The molecule has 0 fully saturated rings. The molecule has 0 saturated heterocycles. The maximum absolute atomic E-state index is 14.8. The Hall–Kier alpha value is -2.68. The van der Waals surface area contributed by atoms with Gasteiger partial charge in [0.05, 0.1) is 6.61 Å². The molecule has 0 heterocycles. The number of hydrogen-bond acceptors (Lipinski definition) is 1. The molecule has 0 saturated carbocycles. The maximum Gasteiger partial charge on any atom is 0.201 e. The summed E-state index contributed by atoms with van der Waals surface area (Å²) in [6.07, 6.45) is 14.4. The zero-order chi connectivity index (χ0) is 25.6. The van der Waals surface area contributed by atoms with Gasteiger partial charge in [0, 0.05) is 5.56 Å². The van der Waals surface area contributed by atoms with E-state index in [4.69, 9.17) is 4.74 Å². The molecule has 0 atom stereocenters. The maximum atomic E-state index is 14.8. The Bertz CT molecular complexity index is 1020. The van der Waals surface area contributed by atoms with E-state index in [1.807, 2.05) is 24.3 Å². The molecule has 0 N–H and O–H groups in total. The van der Waals surface area contributed by atoms with E-state index < -0.39 is 11.6 Å². The van der Waals surface area contributed by atoms with Gasteiger partial charge in [0.25, 0.3) is 0 Å². The molecule has 0 unspecified atom stereocenters. The highest BCUT2D eigenvalue weighted by Gasteiger charge is 2.16. The van der Waals surface area contributed by atoms with E-state index in [0.717, 1.165) is 36.8 Å². The van der Waals surface area contributed by atoms with Crippen molar-refractivity contribution in [1.82, 2.24) is 0 Å². The van der Waals surface area contributed by atoms with Gasteiger partial charge >= 0.3 is 0 Å². The van der Waals surface area contributed by atoms with E-state index in [0.29, 0.717) is 12.2 Å². The van der Waals surface area contributed by atoms with Gasteiger partial charge in [-0.05, 0) is 53.6 Å². The van der Waals surface area contributed by atoms with Crippen LogP contribution in [0.1, 0.15) is 90.0 Å². The number of halogens is 2. The van der Waals surface area contributed by atoms with E-state index in [2.05, 4.69) is 38.1 Å². The van der Waals surface area contributed by atoms with Crippen LogP contribution in [0.25, 0.3) is 22.3 Å². The lowest BCUT2D eigenvalue weighted by Gasteiger charge is -2.11. The molecule has 0 aliphatic carbocycles. The first-order valence-electron chi connectivity index (χ1n) is 13.9. The summed E-state index contributed by atoms with van der Waals surface area (Å²) in [7, 11) is 0. The molecule has 3 heteroatoms. The molecule has 0 aliphatic rings. The molecule has 0 amide bonds. The second kappa shape index (κ2) is 15.4. The van der Waals surface area contributed by atoms with Crippen molar-refractivity contribution in [2.45, 2.75) is 90.9 Å². The number of ether oxygens (including phenoxy) is 1. The summed E-state index contributed by atoms with van der Waals surface area (Å²) >= 11 is 0. The fraction of sp³-hybridized carbons (Fsp3) is 0.455. The molecule has 3 aromatic carbocycles. The van der Waals surface area contributed by atoms with Crippen molar-refractivity contribution in [2.24, 2.45) is 0 Å². The Morgan fingerprint density at radius 1 is 0.528 bits per heavy atom. The molecule has 36 heavy (non-hydrogen) atoms. The molecular formula is C33H42F2O. The minimum atomic E-state index is -0.911. The van der Waals surface area contributed by atoms with Crippen LogP contribution in [0.2, 0.25) is 0 Å². The summed E-state index contributed by atoms with van der Waals surface area (Å²) in [5, 5.41) is 0. The van der Waals surface area contributed by atoms with Crippen molar-refractivity contribution < 1.29 is 13.5 Å². The number of unbranched alkanes of at least 4 members (excludes halogenated alkanes) is 9. The topological polar surface area (TPSA) is 9.23 Å². The Morgan fingerprint density at radius 3 is 1.69 bits per heavy atom. The van der Waals surface area contributed by atoms with E-state index in [-0.39, 0.29) is 11.3 Å². The minimum Gasteiger partial charge on any atom is -0.490 e. The Morgan fingerprint density at radius 2 is 1.06 bits per heavy atom. The van der Waals surface area contributed by atoms with Crippen LogP contribution in [0.3, 0.4) is 0 Å². The molecular weight excluding hydrogens is 450 g/mol. The van der Waals surface area contributed by atoms with Crippen molar-refractivity contribution in [1.29, 1.82) is 0 Å². The Balaban J connectivity index is 1.55. The predicted octanol–water partition coefficient (Wildman–Crippen LogP) is 10.6. The molecule has 3 aromatic rings. The normalized spacial score (nSPS) is 11.1. The van der Waals surface area contributed by atoms with Gasteiger partial charge in [-0.25, -0.2) is 4.39 Å². The van der Waals surface area contributed by atoms with E-state index in [1.54, 1.807) is 6.07 Å². The first-order valence-corrected chi connectivity index (χ1v) is 13.9. The summed E-state index contributed by atoms with van der Waals surface area (Å²) in [6, 6.07) is 19.5. The summed E-state index contributed by atoms with van der Waals surface area (Å²) in [6.45, 7) is 4.82. The minimum absolute atomic E-state index is 0.00980. The average molecular weight is 493 g/mol. The van der Waals surface area contributed by atoms with Crippen LogP contribution in [0, 0.1) is 11.6 Å². The van der Waals surface area contributed by atoms with Crippen LogP contribution >= 0.6 is 0 Å². The molecule has 0 aromatic heterocycles. The van der Waals surface area contributed by atoms with Gasteiger partial charge in [0.2, 0.25) is 5.82 Å².